The van der Waals surface area contributed by atoms with Gasteiger partial charge in [-0.2, -0.15) is 0 Å². The van der Waals surface area contributed by atoms with Gasteiger partial charge in [-0.3, -0.25) is 4.79 Å². The summed E-state index contributed by atoms with van der Waals surface area (Å²) in [6.45, 7) is 0.0914. The molecule has 0 radical (unpaired) electrons. The molecule has 0 aromatic heterocycles. The third kappa shape index (κ3) is 6.11. The summed E-state index contributed by atoms with van der Waals surface area (Å²) in [5, 5.41) is 13.3. The van der Waals surface area contributed by atoms with Gasteiger partial charge in [-0.1, -0.05) is 12.1 Å². The van der Waals surface area contributed by atoms with Crippen molar-refractivity contribution in [1.29, 1.82) is 0 Å². The number of aliphatic carboxylic acids is 1. The van der Waals surface area contributed by atoms with Crippen LogP contribution in [0.1, 0.15) is 12.0 Å². The Labute approximate surface area is 111 Å². The van der Waals surface area contributed by atoms with Crippen molar-refractivity contribution < 1.29 is 19.4 Å². The van der Waals surface area contributed by atoms with Crippen molar-refractivity contribution in [3.63, 3.8) is 0 Å². The molecule has 0 aliphatic rings. The highest BCUT2D eigenvalue weighted by molar-refractivity contribution is 5.76. The van der Waals surface area contributed by atoms with Crippen LogP contribution in [0.2, 0.25) is 0 Å². The molecular weight excluding hydrogens is 248 g/mol. The fraction of sp³-hybridized carbons (Fsp3) is 0.231. The fourth-order valence-corrected chi connectivity index (χ4v) is 1.29. The first-order valence-corrected chi connectivity index (χ1v) is 5.68. The number of carboxylic acids is 1. The third-order valence-corrected chi connectivity index (χ3v) is 2.21. The summed E-state index contributed by atoms with van der Waals surface area (Å²) < 4.78 is 5.07. The molecule has 2 amide bonds. The molecule has 19 heavy (non-hydrogen) atoms. The summed E-state index contributed by atoms with van der Waals surface area (Å²) in [7, 11) is 1.58. The summed E-state index contributed by atoms with van der Waals surface area (Å²) in [6.07, 6.45) is 3.08. The number of nitrogens with one attached hydrogen (secondary N) is 2. The number of hydrogen-bond acceptors (Lipinski definition) is 3. The van der Waals surface area contributed by atoms with Crippen molar-refractivity contribution in [2.75, 3.05) is 13.7 Å². The predicted octanol–water partition coefficient (Wildman–Crippen LogP) is 1.44. The zero-order valence-electron chi connectivity index (χ0n) is 10.6. The maximum absolute atomic E-state index is 11.2. The lowest BCUT2D eigenvalue weighted by atomic mass is 10.2. The van der Waals surface area contributed by atoms with E-state index in [0.717, 1.165) is 11.3 Å². The maximum atomic E-state index is 11.2. The molecule has 0 unspecified atom stereocenters. The number of hydrogen-bond donors (Lipinski definition) is 3. The number of rotatable bonds is 6. The molecule has 0 heterocycles. The van der Waals surface area contributed by atoms with Crippen LogP contribution in [-0.2, 0) is 4.79 Å². The molecule has 6 heteroatoms. The van der Waals surface area contributed by atoms with E-state index in [9.17, 15) is 9.59 Å². The van der Waals surface area contributed by atoms with E-state index in [1.54, 1.807) is 13.2 Å². The van der Waals surface area contributed by atoms with Gasteiger partial charge in [0.2, 0.25) is 0 Å². The zero-order chi connectivity index (χ0) is 14.1. The Kier molecular flexibility index (Phi) is 5.94. The van der Waals surface area contributed by atoms with Gasteiger partial charge in [0.25, 0.3) is 0 Å². The van der Waals surface area contributed by atoms with Crippen LogP contribution in [0, 0.1) is 0 Å². The first-order chi connectivity index (χ1) is 9.11. The Morgan fingerprint density at radius 2 is 2.21 bits per heavy atom. The Morgan fingerprint density at radius 3 is 2.89 bits per heavy atom. The Balaban J connectivity index is 2.36. The predicted molar refractivity (Wildman–Crippen MR) is 70.8 cm³/mol. The van der Waals surface area contributed by atoms with Crippen molar-refractivity contribution in [2.24, 2.45) is 0 Å². The minimum absolute atomic E-state index is 0.0914. The number of methoxy groups -OCH3 is 1. The monoisotopic (exact) mass is 264 g/mol. The van der Waals surface area contributed by atoms with Gasteiger partial charge in [0, 0.05) is 12.7 Å². The number of carbonyl (C=O) groups excluding carboxylic acids is 1. The Bertz CT molecular complexity index is 471. The first kappa shape index (κ1) is 14.6. The lowest BCUT2D eigenvalue weighted by Crippen LogP contribution is -2.33. The Morgan fingerprint density at radius 1 is 1.42 bits per heavy atom. The van der Waals surface area contributed by atoms with Crippen LogP contribution >= 0.6 is 0 Å². The van der Waals surface area contributed by atoms with Crippen LogP contribution in [0.15, 0.2) is 30.5 Å². The molecule has 0 aliphatic carbocycles. The summed E-state index contributed by atoms with van der Waals surface area (Å²) in [6, 6.07) is 6.90. The molecule has 0 fully saturated rings. The number of ether oxygens (including phenoxy) is 1. The van der Waals surface area contributed by atoms with Crippen molar-refractivity contribution in [3.8, 4) is 5.75 Å². The number of carbonyl (C=O) groups is 2. The second kappa shape index (κ2) is 7.75. The van der Waals surface area contributed by atoms with Crippen LogP contribution in [-0.4, -0.2) is 30.8 Å². The highest BCUT2D eigenvalue weighted by Gasteiger charge is 1.99. The second-order valence-electron chi connectivity index (χ2n) is 3.65. The molecule has 6 nitrogen and oxygen atoms in total. The van der Waals surface area contributed by atoms with Crippen LogP contribution < -0.4 is 15.4 Å². The average Bonchev–Trinajstić information content (AvgIpc) is 2.38. The number of urea groups is 1. The van der Waals surface area contributed by atoms with E-state index in [-0.39, 0.29) is 13.0 Å². The summed E-state index contributed by atoms with van der Waals surface area (Å²) in [5.41, 5.74) is 0.880. The van der Waals surface area contributed by atoms with E-state index in [1.165, 1.54) is 6.20 Å². The minimum atomic E-state index is -0.952. The molecular formula is C13H16N2O4. The van der Waals surface area contributed by atoms with Crippen LogP contribution in [0.4, 0.5) is 4.79 Å². The van der Waals surface area contributed by atoms with Crippen molar-refractivity contribution in [1.82, 2.24) is 10.6 Å². The molecule has 0 spiro atoms. The van der Waals surface area contributed by atoms with Crippen LogP contribution in [0.5, 0.6) is 5.75 Å². The molecule has 0 atom stereocenters. The van der Waals surface area contributed by atoms with Crippen LogP contribution in [0.25, 0.3) is 6.08 Å². The Hall–Kier alpha value is -2.50. The average molecular weight is 264 g/mol. The lowest BCUT2D eigenvalue weighted by Gasteiger charge is -2.02. The fourth-order valence-electron chi connectivity index (χ4n) is 1.29. The first-order valence-electron chi connectivity index (χ1n) is 5.68. The molecule has 0 bridgehead atoms. The lowest BCUT2D eigenvalue weighted by molar-refractivity contribution is -0.136. The van der Waals surface area contributed by atoms with Gasteiger partial charge >= 0.3 is 12.0 Å². The van der Waals surface area contributed by atoms with E-state index in [4.69, 9.17) is 9.84 Å². The third-order valence-electron chi connectivity index (χ3n) is 2.21. The van der Waals surface area contributed by atoms with Crippen molar-refractivity contribution in [2.45, 2.75) is 6.42 Å². The smallest absolute Gasteiger partial charge is 0.318 e. The highest BCUT2D eigenvalue weighted by atomic mass is 16.5. The molecule has 3 N–H and O–H groups in total. The molecule has 0 aliphatic heterocycles. The summed E-state index contributed by atoms with van der Waals surface area (Å²) in [4.78, 5) is 21.5. The molecule has 1 aromatic rings. The van der Waals surface area contributed by atoms with Crippen molar-refractivity contribution >= 4 is 18.1 Å². The standard InChI is InChI=1S/C13H16N2O4/c1-19-11-4-2-3-10(9-11)5-7-14-13(18)15-8-6-12(16)17/h2-5,7,9H,6,8H2,1H3,(H,16,17)(H2,14,15,18)/b7-5+. The maximum Gasteiger partial charge on any atom is 0.318 e. The SMILES string of the molecule is COc1cccc(/C=C/NC(=O)NCCC(=O)O)c1. The molecule has 0 saturated carbocycles. The topological polar surface area (TPSA) is 87.7 Å². The summed E-state index contributed by atoms with van der Waals surface area (Å²) >= 11 is 0. The second-order valence-corrected chi connectivity index (χ2v) is 3.65. The van der Waals surface area contributed by atoms with Gasteiger partial charge < -0.3 is 20.5 Å². The van der Waals surface area contributed by atoms with Gasteiger partial charge in [-0.05, 0) is 23.8 Å². The van der Waals surface area contributed by atoms with Gasteiger partial charge in [0.05, 0.1) is 13.5 Å². The van der Waals surface area contributed by atoms with Gasteiger partial charge in [-0.25, -0.2) is 4.79 Å². The largest absolute Gasteiger partial charge is 0.497 e. The highest BCUT2D eigenvalue weighted by Crippen LogP contribution is 2.13. The van der Waals surface area contributed by atoms with Crippen LogP contribution in [0.3, 0.4) is 0 Å². The molecule has 1 rings (SSSR count). The number of benzene rings is 1. The molecule has 1 aromatic carbocycles. The van der Waals surface area contributed by atoms with Gasteiger partial charge in [-0.15, -0.1) is 0 Å². The molecule has 0 saturated heterocycles. The van der Waals surface area contributed by atoms with E-state index < -0.39 is 12.0 Å². The van der Waals surface area contributed by atoms with Gasteiger partial charge in [0.15, 0.2) is 0 Å². The number of amides is 2. The quantitative estimate of drug-likeness (QED) is 0.725. The van der Waals surface area contributed by atoms with E-state index >= 15 is 0 Å². The van der Waals surface area contributed by atoms with Crippen molar-refractivity contribution in [3.05, 3.63) is 36.0 Å². The summed E-state index contributed by atoms with van der Waals surface area (Å²) in [5.74, 6) is -0.222. The van der Waals surface area contributed by atoms with Gasteiger partial charge in [0.1, 0.15) is 5.75 Å². The normalized spacial score (nSPS) is 10.2. The minimum Gasteiger partial charge on any atom is -0.497 e. The van der Waals surface area contributed by atoms with E-state index in [0.29, 0.717) is 0 Å². The number of carboxylic acid groups (broad SMARTS) is 1. The molecule has 102 valence electrons. The van der Waals surface area contributed by atoms with E-state index in [2.05, 4.69) is 10.6 Å². The zero-order valence-corrected chi connectivity index (χ0v) is 10.6. The van der Waals surface area contributed by atoms with E-state index in [1.807, 2.05) is 24.3 Å².